The van der Waals surface area contributed by atoms with Crippen LogP contribution in [0.1, 0.15) is 12.1 Å². The molecule has 0 bridgehead atoms. The van der Waals surface area contributed by atoms with Gasteiger partial charge in [-0.3, -0.25) is 4.98 Å². The standard InChI is InChI=1S/C16H24N2O2S2/c1-2-5-17-13(3-1)9-20-16-4-6-19-10-15(16)18-14-11-21-7-8-22-12-14/h1-3,5,14-16,18H,4,6-12H2/t15-,16-/m1/s1. The summed E-state index contributed by atoms with van der Waals surface area (Å²) >= 11 is 4.10. The summed E-state index contributed by atoms with van der Waals surface area (Å²) in [5.41, 5.74) is 0.994. The maximum Gasteiger partial charge on any atom is 0.0892 e. The lowest BCUT2D eigenvalue weighted by molar-refractivity contribution is -0.0649. The third-order valence-electron chi connectivity index (χ3n) is 3.92. The van der Waals surface area contributed by atoms with E-state index in [1.807, 2.05) is 47.9 Å². The summed E-state index contributed by atoms with van der Waals surface area (Å²) in [7, 11) is 0. The average molecular weight is 341 g/mol. The maximum atomic E-state index is 6.14. The normalized spacial score (nSPS) is 27.5. The number of ether oxygens (including phenoxy) is 2. The Balaban J connectivity index is 1.51. The van der Waals surface area contributed by atoms with Gasteiger partial charge >= 0.3 is 0 Å². The molecular weight excluding hydrogens is 316 g/mol. The number of rotatable bonds is 5. The van der Waals surface area contributed by atoms with Crippen LogP contribution < -0.4 is 5.32 Å². The highest BCUT2D eigenvalue weighted by atomic mass is 32.2. The van der Waals surface area contributed by atoms with Gasteiger partial charge in [-0.2, -0.15) is 23.5 Å². The zero-order chi connectivity index (χ0) is 15.0. The largest absolute Gasteiger partial charge is 0.380 e. The van der Waals surface area contributed by atoms with Gasteiger partial charge in [0.25, 0.3) is 0 Å². The van der Waals surface area contributed by atoms with Crippen LogP contribution in [0.25, 0.3) is 0 Å². The molecule has 0 radical (unpaired) electrons. The monoisotopic (exact) mass is 340 g/mol. The van der Waals surface area contributed by atoms with Gasteiger partial charge in [0.05, 0.1) is 31.1 Å². The second-order valence-corrected chi connectivity index (χ2v) is 7.95. The minimum atomic E-state index is 0.217. The molecule has 0 spiro atoms. The minimum Gasteiger partial charge on any atom is -0.380 e. The molecule has 122 valence electrons. The Hall–Kier alpha value is -0.270. The van der Waals surface area contributed by atoms with Crippen molar-refractivity contribution in [2.24, 2.45) is 0 Å². The van der Waals surface area contributed by atoms with Crippen molar-refractivity contribution in [3.63, 3.8) is 0 Å². The van der Waals surface area contributed by atoms with Crippen molar-refractivity contribution in [1.29, 1.82) is 0 Å². The van der Waals surface area contributed by atoms with Crippen molar-refractivity contribution >= 4 is 23.5 Å². The fraction of sp³-hybridized carbons (Fsp3) is 0.688. The third-order valence-corrected chi connectivity index (χ3v) is 6.44. The Kier molecular flexibility index (Phi) is 6.88. The van der Waals surface area contributed by atoms with Gasteiger partial charge in [0.2, 0.25) is 0 Å². The maximum absolute atomic E-state index is 6.14. The molecule has 0 aliphatic carbocycles. The Morgan fingerprint density at radius 3 is 2.91 bits per heavy atom. The summed E-state index contributed by atoms with van der Waals surface area (Å²) in [6.45, 7) is 2.12. The van der Waals surface area contributed by atoms with E-state index in [2.05, 4.69) is 10.3 Å². The lowest BCUT2D eigenvalue weighted by Gasteiger charge is -2.34. The molecule has 2 atom stereocenters. The predicted octanol–water partition coefficient (Wildman–Crippen LogP) is 2.19. The lowest BCUT2D eigenvalue weighted by atomic mass is 10.1. The van der Waals surface area contributed by atoms with Crippen LogP contribution in [0.4, 0.5) is 0 Å². The van der Waals surface area contributed by atoms with Crippen molar-refractivity contribution in [3.8, 4) is 0 Å². The van der Waals surface area contributed by atoms with E-state index in [9.17, 15) is 0 Å². The Morgan fingerprint density at radius 1 is 1.27 bits per heavy atom. The van der Waals surface area contributed by atoms with E-state index >= 15 is 0 Å². The van der Waals surface area contributed by atoms with Crippen LogP contribution >= 0.6 is 23.5 Å². The van der Waals surface area contributed by atoms with Crippen LogP contribution in [0.5, 0.6) is 0 Å². The first-order valence-corrected chi connectivity index (χ1v) is 10.2. The van der Waals surface area contributed by atoms with Crippen LogP contribution in [0.2, 0.25) is 0 Å². The summed E-state index contributed by atoms with van der Waals surface area (Å²) in [4.78, 5) is 4.33. The first-order valence-electron chi connectivity index (χ1n) is 7.92. The number of aromatic nitrogens is 1. The Labute approximate surface area is 141 Å². The van der Waals surface area contributed by atoms with E-state index < -0.39 is 0 Å². The van der Waals surface area contributed by atoms with Crippen LogP contribution in [-0.2, 0) is 16.1 Å². The van der Waals surface area contributed by atoms with Crippen molar-refractivity contribution in [2.75, 3.05) is 36.2 Å². The van der Waals surface area contributed by atoms with Crippen molar-refractivity contribution < 1.29 is 9.47 Å². The molecule has 0 unspecified atom stereocenters. The van der Waals surface area contributed by atoms with Gasteiger partial charge in [0.15, 0.2) is 0 Å². The zero-order valence-corrected chi connectivity index (χ0v) is 14.4. The highest BCUT2D eigenvalue weighted by Gasteiger charge is 2.29. The second-order valence-electron chi connectivity index (χ2n) is 5.65. The van der Waals surface area contributed by atoms with Gasteiger partial charge in [-0.15, -0.1) is 0 Å². The molecule has 3 heterocycles. The van der Waals surface area contributed by atoms with Crippen LogP contribution in [-0.4, -0.2) is 59.4 Å². The molecule has 0 aromatic carbocycles. The van der Waals surface area contributed by atoms with E-state index in [0.717, 1.165) is 25.3 Å². The summed E-state index contributed by atoms with van der Waals surface area (Å²) in [6, 6.07) is 6.81. The molecule has 1 N–H and O–H groups in total. The Bertz CT molecular complexity index is 427. The highest BCUT2D eigenvalue weighted by molar-refractivity contribution is 8.03. The summed E-state index contributed by atoms with van der Waals surface area (Å²) in [5, 5.41) is 3.77. The molecule has 4 nitrogen and oxygen atoms in total. The van der Waals surface area contributed by atoms with Crippen molar-refractivity contribution in [1.82, 2.24) is 10.3 Å². The number of hydrogen-bond acceptors (Lipinski definition) is 6. The van der Waals surface area contributed by atoms with Gasteiger partial charge < -0.3 is 14.8 Å². The first kappa shape index (κ1) is 16.6. The van der Waals surface area contributed by atoms with Gasteiger partial charge in [0, 0.05) is 41.9 Å². The number of hydrogen-bond donors (Lipinski definition) is 1. The van der Waals surface area contributed by atoms with E-state index in [0.29, 0.717) is 18.7 Å². The SMILES string of the molecule is c1ccc(CO[C@@H]2CCOC[C@H]2NC2CSCCSC2)nc1. The second kappa shape index (κ2) is 9.13. The molecule has 6 heteroatoms. The lowest BCUT2D eigenvalue weighted by Crippen LogP contribution is -2.53. The molecule has 0 amide bonds. The fourth-order valence-electron chi connectivity index (χ4n) is 2.77. The van der Waals surface area contributed by atoms with E-state index in [-0.39, 0.29) is 6.10 Å². The van der Waals surface area contributed by atoms with Crippen molar-refractivity contribution in [3.05, 3.63) is 30.1 Å². The highest BCUT2D eigenvalue weighted by Crippen LogP contribution is 2.19. The minimum absolute atomic E-state index is 0.217. The summed E-state index contributed by atoms with van der Waals surface area (Å²) in [6.07, 6.45) is 2.99. The summed E-state index contributed by atoms with van der Waals surface area (Å²) < 4.78 is 11.8. The van der Waals surface area contributed by atoms with Crippen LogP contribution in [0.15, 0.2) is 24.4 Å². The quantitative estimate of drug-likeness (QED) is 0.886. The van der Waals surface area contributed by atoms with Crippen LogP contribution in [0.3, 0.4) is 0 Å². The van der Waals surface area contributed by atoms with Gasteiger partial charge in [-0.1, -0.05) is 6.07 Å². The molecule has 2 fully saturated rings. The topological polar surface area (TPSA) is 43.4 Å². The molecule has 3 rings (SSSR count). The van der Waals surface area contributed by atoms with Gasteiger partial charge in [0.1, 0.15) is 0 Å². The van der Waals surface area contributed by atoms with Crippen LogP contribution in [0, 0.1) is 0 Å². The first-order chi connectivity index (χ1) is 10.9. The fourth-order valence-corrected chi connectivity index (χ4v) is 5.19. The Morgan fingerprint density at radius 2 is 2.14 bits per heavy atom. The van der Waals surface area contributed by atoms with E-state index in [1.165, 1.54) is 23.0 Å². The third kappa shape index (κ3) is 5.13. The number of nitrogens with one attached hydrogen (secondary N) is 1. The average Bonchev–Trinajstić information content (AvgIpc) is 2.84. The molecule has 0 saturated carbocycles. The number of pyridine rings is 1. The van der Waals surface area contributed by atoms with Gasteiger partial charge in [-0.05, 0) is 18.6 Å². The molecule has 2 aliphatic rings. The van der Waals surface area contributed by atoms with Crippen molar-refractivity contribution in [2.45, 2.75) is 31.2 Å². The molecule has 2 saturated heterocycles. The number of nitrogens with zero attached hydrogens (tertiary/aromatic N) is 1. The smallest absolute Gasteiger partial charge is 0.0892 e. The number of thioether (sulfide) groups is 2. The summed E-state index contributed by atoms with van der Waals surface area (Å²) in [5.74, 6) is 4.92. The van der Waals surface area contributed by atoms with E-state index in [4.69, 9.17) is 9.47 Å². The molecular formula is C16H24N2O2S2. The molecule has 22 heavy (non-hydrogen) atoms. The zero-order valence-electron chi connectivity index (χ0n) is 12.8. The predicted molar refractivity (Wildman–Crippen MR) is 93.6 cm³/mol. The molecule has 1 aromatic heterocycles. The van der Waals surface area contributed by atoms with Gasteiger partial charge in [-0.25, -0.2) is 0 Å². The molecule has 1 aromatic rings. The van der Waals surface area contributed by atoms with E-state index in [1.54, 1.807) is 0 Å². The molecule has 2 aliphatic heterocycles.